The topological polar surface area (TPSA) is 64.6 Å². The molecular weight excluding hydrogens is 422 g/mol. The third-order valence-electron chi connectivity index (χ3n) is 3.85. The number of esters is 1. The van der Waals surface area contributed by atoms with Gasteiger partial charge in [-0.25, -0.2) is 4.79 Å². The van der Waals surface area contributed by atoms with Crippen LogP contribution >= 0.6 is 15.9 Å². The molecule has 0 aromatic heterocycles. The summed E-state index contributed by atoms with van der Waals surface area (Å²) in [5.74, 6) is -0.0843. The zero-order valence-electron chi connectivity index (χ0n) is 15.1. The lowest BCUT2D eigenvalue weighted by molar-refractivity contribution is -0.119. The van der Waals surface area contributed by atoms with Gasteiger partial charge >= 0.3 is 5.97 Å². The van der Waals surface area contributed by atoms with Crippen molar-refractivity contribution in [2.45, 2.75) is 6.92 Å². The number of carbonyl (C=O) groups is 2. The van der Waals surface area contributed by atoms with E-state index in [1.807, 2.05) is 37.3 Å². The Morgan fingerprint density at radius 1 is 0.964 bits per heavy atom. The molecule has 0 aliphatic heterocycles. The van der Waals surface area contributed by atoms with Crippen LogP contribution in [0.2, 0.25) is 0 Å². The molecule has 0 aliphatic rings. The molecule has 0 saturated carbocycles. The molecule has 0 saturated heterocycles. The van der Waals surface area contributed by atoms with Crippen LogP contribution in [0.4, 0.5) is 5.69 Å². The average molecular weight is 440 g/mol. The number of hydrogen-bond donors (Lipinski definition) is 1. The normalized spacial score (nSPS) is 10.2. The first-order valence-corrected chi connectivity index (χ1v) is 9.37. The van der Waals surface area contributed by atoms with Crippen LogP contribution in [0.3, 0.4) is 0 Å². The van der Waals surface area contributed by atoms with Gasteiger partial charge in [0, 0.05) is 10.2 Å². The Balaban J connectivity index is 1.61. The Morgan fingerprint density at radius 2 is 1.68 bits per heavy atom. The van der Waals surface area contributed by atoms with Crippen molar-refractivity contribution in [2.24, 2.45) is 0 Å². The van der Waals surface area contributed by atoms with Crippen molar-refractivity contribution in [2.75, 3.05) is 11.9 Å². The minimum Gasteiger partial charge on any atom is -0.456 e. The van der Waals surface area contributed by atoms with Gasteiger partial charge in [-0.1, -0.05) is 46.3 Å². The summed E-state index contributed by atoms with van der Waals surface area (Å²) >= 11 is 3.41. The van der Waals surface area contributed by atoms with E-state index < -0.39 is 18.5 Å². The molecule has 3 aromatic rings. The van der Waals surface area contributed by atoms with Gasteiger partial charge < -0.3 is 14.8 Å². The van der Waals surface area contributed by atoms with Crippen molar-refractivity contribution in [3.8, 4) is 11.5 Å². The van der Waals surface area contributed by atoms with E-state index in [4.69, 9.17) is 9.47 Å². The number of ether oxygens (including phenoxy) is 2. The maximum Gasteiger partial charge on any atom is 0.342 e. The third-order valence-corrected chi connectivity index (χ3v) is 4.74. The third kappa shape index (κ3) is 5.20. The number of anilines is 1. The first-order chi connectivity index (χ1) is 13.5. The molecule has 142 valence electrons. The van der Waals surface area contributed by atoms with Gasteiger partial charge in [0.25, 0.3) is 5.91 Å². The van der Waals surface area contributed by atoms with Gasteiger partial charge in [-0.2, -0.15) is 0 Å². The highest BCUT2D eigenvalue weighted by Crippen LogP contribution is 2.25. The zero-order chi connectivity index (χ0) is 19.9. The molecule has 1 N–H and O–H groups in total. The number of aryl methyl sites for hydroxylation is 1. The van der Waals surface area contributed by atoms with Gasteiger partial charge in [0.15, 0.2) is 6.61 Å². The molecule has 5 nitrogen and oxygen atoms in total. The zero-order valence-corrected chi connectivity index (χ0v) is 16.7. The second kappa shape index (κ2) is 9.19. The van der Waals surface area contributed by atoms with E-state index in [0.29, 0.717) is 17.2 Å². The van der Waals surface area contributed by atoms with Crippen molar-refractivity contribution in [3.63, 3.8) is 0 Å². The summed E-state index contributed by atoms with van der Waals surface area (Å²) in [4.78, 5) is 24.5. The van der Waals surface area contributed by atoms with E-state index in [9.17, 15) is 9.59 Å². The summed E-state index contributed by atoms with van der Waals surface area (Å²) in [5, 5.41) is 2.70. The lowest BCUT2D eigenvalue weighted by atomic mass is 10.2. The van der Waals surface area contributed by atoms with Crippen molar-refractivity contribution in [1.82, 2.24) is 0 Å². The molecule has 28 heavy (non-hydrogen) atoms. The quantitative estimate of drug-likeness (QED) is 0.526. The van der Waals surface area contributed by atoms with E-state index in [-0.39, 0.29) is 5.56 Å². The number of carbonyl (C=O) groups excluding carboxylic acids is 2. The fourth-order valence-corrected chi connectivity index (χ4v) is 2.71. The van der Waals surface area contributed by atoms with Gasteiger partial charge in [-0.05, 0) is 55.0 Å². The molecule has 3 aromatic carbocycles. The predicted molar refractivity (Wildman–Crippen MR) is 111 cm³/mol. The maximum absolute atomic E-state index is 12.4. The fraction of sp³-hybridized carbons (Fsp3) is 0.0909. The van der Waals surface area contributed by atoms with Crippen molar-refractivity contribution >= 4 is 33.5 Å². The second-order valence-corrected chi connectivity index (χ2v) is 6.85. The Morgan fingerprint density at radius 3 is 2.43 bits per heavy atom. The SMILES string of the molecule is Cc1cc(NC(=O)COC(=O)c2ccccc2Oc2ccccc2)ccc1Br. The van der Waals surface area contributed by atoms with Crippen LogP contribution < -0.4 is 10.1 Å². The Labute approximate surface area is 171 Å². The van der Waals surface area contributed by atoms with Crippen LogP contribution in [0.1, 0.15) is 15.9 Å². The van der Waals surface area contributed by atoms with E-state index in [0.717, 1.165) is 10.0 Å². The molecule has 0 unspecified atom stereocenters. The first-order valence-electron chi connectivity index (χ1n) is 8.58. The number of halogens is 1. The van der Waals surface area contributed by atoms with Gasteiger partial charge in [-0.15, -0.1) is 0 Å². The lowest BCUT2D eigenvalue weighted by Crippen LogP contribution is -2.21. The molecule has 1 amide bonds. The molecule has 0 atom stereocenters. The second-order valence-electron chi connectivity index (χ2n) is 6.00. The van der Waals surface area contributed by atoms with E-state index in [1.165, 1.54) is 0 Å². The smallest absolute Gasteiger partial charge is 0.342 e. The number of amides is 1. The summed E-state index contributed by atoms with van der Waals surface area (Å²) in [6.45, 7) is 1.52. The number of rotatable bonds is 6. The molecule has 0 aliphatic carbocycles. The molecule has 0 spiro atoms. The van der Waals surface area contributed by atoms with E-state index >= 15 is 0 Å². The minimum atomic E-state index is -0.631. The lowest BCUT2D eigenvalue weighted by Gasteiger charge is -2.11. The number of para-hydroxylation sites is 2. The van der Waals surface area contributed by atoms with Crippen molar-refractivity contribution in [3.05, 3.63) is 88.4 Å². The maximum atomic E-state index is 12.4. The van der Waals surface area contributed by atoms with Crippen LogP contribution in [0, 0.1) is 6.92 Å². The van der Waals surface area contributed by atoms with Gasteiger partial charge in [0.05, 0.1) is 0 Å². The van der Waals surface area contributed by atoms with Crippen LogP contribution in [-0.2, 0) is 9.53 Å². The van der Waals surface area contributed by atoms with E-state index in [2.05, 4.69) is 21.2 Å². The van der Waals surface area contributed by atoms with Gasteiger partial charge in [-0.3, -0.25) is 4.79 Å². The Bertz CT molecular complexity index is 989. The van der Waals surface area contributed by atoms with Crippen LogP contribution in [0.5, 0.6) is 11.5 Å². The van der Waals surface area contributed by atoms with Crippen LogP contribution in [-0.4, -0.2) is 18.5 Å². The van der Waals surface area contributed by atoms with Gasteiger partial charge in [0.1, 0.15) is 17.1 Å². The average Bonchev–Trinajstić information content (AvgIpc) is 2.70. The summed E-state index contributed by atoms with van der Waals surface area (Å²) < 4.78 is 11.9. The first kappa shape index (κ1) is 19.6. The molecular formula is C22H18BrNO4. The number of benzene rings is 3. The summed E-state index contributed by atoms with van der Waals surface area (Å²) in [6, 6.07) is 21.3. The van der Waals surface area contributed by atoms with Crippen LogP contribution in [0.15, 0.2) is 77.3 Å². The highest BCUT2D eigenvalue weighted by molar-refractivity contribution is 9.10. The standard InChI is InChI=1S/C22H18BrNO4/c1-15-13-16(11-12-19(15)23)24-21(25)14-27-22(26)18-9-5-6-10-20(18)28-17-7-3-2-4-8-17/h2-13H,14H2,1H3,(H,24,25). The van der Waals surface area contributed by atoms with E-state index in [1.54, 1.807) is 42.5 Å². The largest absolute Gasteiger partial charge is 0.456 e. The number of nitrogens with one attached hydrogen (secondary N) is 1. The summed E-state index contributed by atoms with van der Waals surface area (Å²) in [6.07, 6.45) is 0. The Hall–Kier alpha value is -3.12. The molecule has 0 heterocycles. The summed E-state index contributed by atoms with van der Waals surface area (Å²) in [7, 11) is 0. The highest BCUT2D eigenvalue weighted by Gasteiger charge is 2.16. The fourth-order valence-electron chi connectivity index (χ4n) is 2.47. The molecule has 6 heteroatoms. The minimum absolute atomic E-state index is 0.249. The van der Waals surface area contributed by atoms with Crippen molar-refractivity contribution in [1.29, 1.82) is 0 Å². The molecule has 0 radical (unpaired) electrons. The molecule has 0 bridgehead atoms. The number of hydrogen-bond acceptors (Lipinski definition) is 4. The highest BCUT2D eigenvalue weighted by atomic mass is 79.9. The monoisotopic (exact) mass is 439 g/mol. The Kier molecular flexibility index (Phi) is 6.45. The van der Waals surface area contributed by atoms with Crippen LogP contribution in [0.25, 0.3) is 0 Å². The van der Waals surface area contributed by atoms with Crippen molar-refractivity contribution < 1.29 is 19.1 Å². The summed E-state index contributed by atoms with van der Waals surface area (Å²) in [5.41, 5.74) is 1.87. The molecule has 0 fully saturated rings. The van der Waals surface area contributed by atoms with Gasteiger partial charge in [0.2, 0.25) is 0 Å². The molecule has 3 rings (SSSR count). The predicted octanol–water partition coefficient (Wildman–Crippen LogP) is 5.35.